The first kappa shape index (κ1) is 23.2. The molecule has 2 rings (SSSR count). The minimum absolute atomic E-state index is 0.0844. The van der Waals surface area contributed by atoms with E-state index in [2.05, 4.69) is 63.4 Å². The SMILES string of the molecule is CCN(CC)CCNC(=O)C(=O)NC[C@H](c1ccc(N(C)C)cc1)N1CCCC1. The summed E-state index contributed by atoms with van der Waals surface area (Å²) in [6.45, 7) is 9.74. The van der Waals surface area contributed by atoms with E-state index in [9.17, 15) is 9.59 Å². The summed E-state index contributed by atoms with van der Waals surface area (Å²) in [6.07, 6.45) is 2.35. The molecule has 0 spiro atoms. The van der Waals surface area contributed by atoms with E-state index in [1.54, 1.807) is 0 Å². The van der Waals surface area contributed by atoms with Gasteiger partial charge < -0.3 is 20.4 Å². The molecule has 2 amide bonds. The van der Waals surface area contributed by atoms with Gasteiger partial charge in [0.15, 0.2) is 0 Å². The van der Waals surface area contributed by atoms with Crippen molar-refractivity contribution in [3.05, 3.63) is 29.8 Å². The number of nitrogens with zero attached hydrogens (tertiary/aromatic N) is 3. The summed E-state index contributed by atoms with van der Waals surface area (Å²) >= 11 is 0. The number of carbonyl (C=O) groups excluding carboxylic acids is 2. The molecule has 0 saturated carbocycles. The molecule has 1 aromatic carbocycles. The highest BCUT2D eigenvalue weighted by Crippen LogP contribution is 2.26. The van der Waals surface area contributed by atoms with E-state index < -0.39 is 11.8 Å². The van der Waals surface area contributed by atoms with Crippen molar-refractivity contribution in [3.8, 4) is 0 Å². The second-order valence-corrected chi connectivity index (χ2v) is 7.74. The second kappa shape index (κ2) is 11.8. The van der Waals surface area contributed by atoms with Gasteiger partial charge in [-0.1, -0.05) is 26.0 Å². The Morgan fingerprint density at radius 1 is 1.00 bits per heavy atom. The first-order valence-corrected chi connectivity index (χ1v) is 10.8. The number of benzene rings is 1. The number of anilines is 1. The first-order valence-electron chi connectivity index (χ1n) is 10.8. The van der Waals surface area contributed by atoms with E-state index in [1.807, 2.05) is 14.1 Å². The Morgan fingerprint density at radius 2 is 1.59 bits per heavy atom. The molecule has 162 valence electrons. The van der Waals surface area contributed by atoms with Crippen molar-refractivity contribution in [2.75, 3.05) is 64.8 Å². The molecule has 7 heteroatoms. The van der Waals surface area contributed by atoms with E-state index >= 15 is 0 Å². The minimum atomic E-state index is -0.557. The number of rotatable bonds is 10. The number of hydrogen-bond donors (Lipinski definition) is 2. The number of likely N-dealkylation sites (N-methyl/N-ethyl adjacent to an activating group) is 1. The van der Waals surface area contributed by atoms with Gasteiger partial charge in [-0.05, 0) is 56.7 Å². The molecule has 1 fully saturated rings. The maximum absolute atomic E-state index is 12.3. The van der Waals surface area contributed by atoms with Gasteiger partial charge in [0, 0.05) is 39.4 Å². The van der Waals surface area contributed by atoms with Crippen molar-refractivity contribution in [2.45, 2.75) is 32.7 Å². The fourth-order valence-corrected chi connectivity index (χ4v) is 3.72. The molecule has 2 N–H and O–H groups in total. The van der Waals surface area contributed by atoms with Crippen molar-refractivity contribution < 1.29 is 9.59 Å². The third-order valence-corrected chi connectivity index (χ3v) is 5.65. The van der Waals surface area contributed by atoms with E-state index in [-0.39, 0.29) is 6.04 Å². The van der Waals surface area contributed by atoms with Crippen molar-refractivity contribution in [1.82, 2.24) is 20.4 Å². The van der Waals surface area contributed by atoms with E-state index in [1.165, 1.54) is 18.4 Å². The molecule has 1 aliphatic rings. The molecule has 0 aromatic heterocycles. The average Bonchev–Trinajstić information content (AvgIpc) is 3.26. The zero-order chi connectivity index (χ0) is 21.2. The van der Waals surface area contributed by atoms with Crippen LogP contribution in [0.4, 0.5) is 5.69 Å². The van der Waals surface area contributed by atoms with Crippen LogP contribution in [-0.2, 0) is 9.59 Å². The van der Waals surface area contributed by atoms with Crippen molar-refractivity contribution in [1.29, 1.82) is 0 Å². The van der Waals surface area contributed by atoms with Crippen molar-refractivity contribution >= 4 is 17.5 Å². The van der Waals surface area contributed by atoms with Crippen LogP contribution in [0.15, 0.2) is 24.3 Å². The summed E-state index contributed by atoms with van der Waals surface area (Å²) in [5.41, 5.74) is 2.31. The lowest BCUT2D eigenvalue weighted by Crippen LogP contribution is -2.45. The molecule has 1 aliphatic heterocycles. The van der Waals surface area contributed by atoms with Crippen LogP contribution in [0.1, 0.15) is 38.3 Å². The Morgan fingerprint density at radius 3 is 2.14 bits per heavy atom. The topological polar surface area (TPSA) is 67.9 Å². The van der Waals surface area contributed by atoms with Crippen molar-refractivity contribution in [3.63, 3.8) is 0 Å². The maximum atomic E-state index is 12.3. The highest BCUT2D eigenvalue weighted by atomic mass is 16.2. The van der Waals surface area contributed by atoms with Crippen LogP contribution in [0.3, 0.4) is 0 Å². The summed E-state index contributed by atoms with van der Waals surface area (Å²) in [4.78, 5) is 31.1. The van der Waals surface area contributed by atoms with Gasteiger partial charge >= 0.3 is 11.8 Å². The Bertz CT molecular complexity index is 637. The Hall–Kier alpha value is -2.12. The predicted molar refractivity (Wildman–Crippen MR) is 118 cm³/mol. The fraction of sp³-hybridized carbons (Fsp3) is 0.636. The van der Waals surface area contributed by atoms with Crippen molar-refractivity contribution in [2.24, 2.45) is 0 Å². The molecule has 1 saturated heterocycles. The molecule has 1 aromatic rings. The standard InChI is InChI=1S/C22H37N5O2/c1-5-26(6-2)16-13-23-21(28)22(29)24-17-20(27-14-7-8-15-27)18-9-11-19(12-10-18)25(3)4/h9-12,20H,5-8,13-17H2,1-4H3,(H,23,28)(H,24,29)/t20-/m1/s1. The van der Waals surface area contributed by atoms with Crippen LogP contribution < -0.4 is 15.5 Å². The van der Waals surface area contributed by atoms with Gasteiger partial charge in [-0.15, -0.1) is 0 Å². The number of amides is 2. The molecule has 29 heavy (non-hydrogen) atoms. The molecular formula is C22H37N5O2. The number of carbonyl (C=O) groups is 2. The first-order chi connectivity index (χ1) is 14.0. The zero-order valence-electron chi connectivity index (χ0n) is 18.4. The van der Waals surface area contributed by atoms with E-state index in [0.717, 1.165) is 38.4 Å². The van der Waals surface area contributed by atoms with Gasteiger partial charge in [-0.25, -0.2) is 0 Å². The summed E-state index contributed by atoms with van der Waals surface area (Å²) < 4.78 is 0. The molecule has 0 bridgehead atoms. The second-order valence-electron chi connectivity index (χ2n) is 7.74. The summed E-state index contributed by atoms with van der Waals surface area (Å²) in [7, 11) is 4.04. The van der Waals surface area contributed by atoms with Crippen LogP contribution >= 0.6 is 0 Å². The Labute approximate surface area is 175 Å². The van der Waals surface area contributed by atoms with Gasteiger partial charge in [0.25, 0.3) is 0 Å². The molecule has 7 nitrogen and oxygen atoms in total. The lowest BCUT2D eigenvalue weighted by atomic mass is 10.0. The molecule has 0 radical (unpaired) electrons. The van der Waals surface area contributed by atoms with E-state index in [4.69, 9.17) is 0 Å². The monoisotopic (exact) mass is 403 g/mol. The summed E-state index contributed by atoms with van der Waals surface area (Å²) in [5, 5.41) is 5.57. The average molecular weight is 404 g/mol. The van der Waals surface area contributed by atoms with Gasteiger partial charge in [-0.2, -0.15) is 0 Å². The van der Waals surface area contributed by atoms with Gasteiger partial charge in [0.05, 0.1) is 6.04 Å². The predicted octanol–water partition coefficient (Wildman–Crippen LogP) is 1.46. The molecule has 1 heterocycles. The van der Waals surface area contributed by atoms with Gasteiger partial charge in [-0.3, -0.25) is 14.5 Å². The molecule has 1 atom stereocenters. The fourth-order valence-electron chi connectivity index (χ4n) is 3.72. The van der Waals surface area contributed by atoms with Crippen LogP contribution in [0, 0.1) is 0 Å². The summed E-state index contributed by atoms with van der Waals surface area (Å²) in [6, 6.07) is 8.52. The normalized spacial score (nSPS) is 15.3. The highest BCUT2D eigenvalue weighted by molar-refractivity contribution is 6.35. The largest absolute Gasteiger partial charge is 0.378 e. The maximum Gasteiger partial charge on any atom is 0.309 e. The number of hydrogen-bond acceptors (Lipinski definition) is 5. The molecule has 0 unspecified atom stereocenters. The lowest BCUT2D eigenvalue weighted by Gasteiger charge is -2.28. The summed E-state index contributed by atoms with van der Waals surface area (Å²) in [5.74, 6) is -1.11. The smallest absolute Gasteiger partial charge is 0.309 e. The zero-order valence-corrected chi connectivity index (χ0v) is 18.4. The van der Waals surface area contributed by atoms with Crippen LogP contribution in [-0.4, -0.2) is 81.5 Å². The number of nitrogens with one attached hydrogen (secondary N) is 2. The highest BCUT2D eigenvalue weighted by Gasteiger charge is 2.25. The Kier molecular flexibility index (Phi) is 9.41. The third-order valence-electron chi connectivity index (χ3n) is 5.65. The number of likely N-dealkylation sites (tertiary alicyclic amines) is 1. The van der Waals surface area contributed by atoms with Crippen LogP contribution in [0.25, 0.3) is 0 Å². The van der Waals surface area contributed by atoms with Crippen LogP contribution in [0.5, 0.6) is 0 Å². The van der Waals surface area contributed by atoms with Gasteiger partial charge in [0.1, 0.15) is 0 Å². The quantitative estimate of drug-likeness (QED) is 0.579. The Balaban J connectivity index is 1.91. The molecular weight excluding hydrogens is 366 g/mol. The third kappa shape index (κ3) is 7.01. The van der Waals surface area contributed by atoms with E-state index in [0.29, 0.717) is 13.1 Å². The lowest BCUT2D eigenvalue weighted by molar-refractivity contribution is -0.139. The molecule has 0 aliphatic carbocycles. The van der Waals surface area contributed by atoms with Crippen LogP contribution in [0.2, 0.25) is 0 Å². The minimum Gasteiger partial charge on any atom is -0.378 e. The van der Waals surface area contributed by atoms with Gasteiger partial charge in [0.2, 0.25) is 0 Å².